The van der Waals surface area contributed by atoms with E-state index in [-0.39, 0.29) is 0 Å². The molecule has 0 unspecified atom stereocenters. The lowest BCUT2D eigenvalue weighted by Gasteiger charge is -1.92. The molecule has 0 aromatic heterocycles. The summed E-state index contributed by atoms with van der Waals surface area (Å²) >= 11 is 0. The fraction of sp³-hybridized carbons (Fsp3) is 0.667. The highest BCUT2D eigenvalue weighted by Gasteiger charge is 1.84. The molecule has 0 spiro atoms. The van der Waals surface area contributed by atoms with E-state index in [1.807, 2.05) is 12.5 Å². The van der Waals surface area contributed by atoms with Crippen molar-refractivity contribution in [1.29, 1.82) is 0 Å². The maximum Gasteiger partial charge on any atom is 0.198 e. The van der Waals surface area contributed by atoms with Gasteiger partial charge >= 0.3 is 0 Å². The molecule has 0 aromatic rings. The summed E-state index contributed by atoms with van der Waals surface area (Å²) in [6.45, 7) is 4.99. The van der Waals surface area contributed by atoms with Crippen molar-refractivity contribution in [3.63, 3.8) is 0 Å². The van der Waals surface area contributed by atoms with Crippen LogP contribution in [-0.4, -0.2) is 19.0 Å². The third-order valence-corrected chi connectivity index (χ3v) is 1.79. The zero-order valence-electron chi connectivity index (χ0n) is 9.25. The van der Waals surface area contributed by atoms with E-state index in [4.69, 9.17) is 0 Å². The molecule has 2 nitrogen and oxygen atoms in total. The van der Waals surface area contributed by atoms with E-state index in [0.717, 1.165) is 32.2 Å². The summed E-state index contributed by atoms with van der Waals surface area (Å²) < 4.78 is 0. The standard InChI is InChI=1S/C12H20NO/c1-12(2)8-4-3-5-9-13-10-6-7-11-14/h8-9H,3-7,10H2,1-2H3. The first-order valence-electron chi connectivity index (χ1n) is 5.24. The number of hydrogen-bond donors (Lipinski definition) is 0. The Bertz CT molecular complexity index is 190. The van der Waals surface area contributed by atoms with Crippen molar-refractivity contribution in [1.82, 2.24) is 0 Å². The molecule has 0 amide bonds. The summed E-state index contributed by atoms with van der Waals surface area (Å²) in [7, 11) is 0. The zero-order valence-corrected chi connectivity index (χ0v) is 9.25. The van der Waals surface area contributed by atoms with E-state index >= 15 is 0 Å². The van der Waals surface area contributed by atoms with Crippen LogP contribution in [0.25, 0.3) is 0 Å². The van der Waals surface area contributed by atoms with Crippen LogP contribution in [0.4, 0.5) is 0 Å². The first-order chi connectivity index (χ1) is 6.77. The molecule has 0 aliphatic rings. The average Bonchev–Trinajstić information content (AvgIpc) is 2.15. The molecule has 2 heteroatoms. The molecule has 0 bridgehead atoms. The molecule has 0 aliphatic heterocycles. The molecule has 0 saturated heterocycles. The Kier molecular flexibility index (Phi) is 9.49. The van der Waals surface area contributed by atoms with Gasteiger partial charge in [-0.3, -0.25) is 9.79 Å². The van der Waals surface area contributed by atoms with E-state index in [9.17, 15) is 4.79 Å². The fourth-order valence-electron chi connectivity index (χ4n) is 1.02. The Morgan fingerprint density at radius 3 is 2.71 bits per heavy atom. The van der Waals surface area contributed by atoms with E-state index in [1.165, 1.54) is 5.57 Å². The van der Waals surface area contributed by atoms with Gasteiger partial charge in [-0.05, 0) is 45.7 Å². The van der Waals surface area contributed by atoms with Gasteiger partial charge in [-0.2, -0.15) is 0 Å². The van der Waals surface area contributed by atoms with E-state index in [0.29, 0.717) is 6.42 Å². The SMILES string of the molecule is CC(C)=CCCCC=NCCC[C]=O. The minimum absolute atomic E-state index is 0.509. The van der Waals surface area contributed by atoms with Crippen molar-refractivity contribution >= 4 is 12.5 Å². The maximum absolute atomic E-state index is 9.86. The van der Waals surface area contributed by atoms with Crippen molar-refractivity contribution in [2.75, 3.05) is 6.54 Å². The second-order valence-corrected chi connectivity index (χ2v) is 3.55. The lowest BCUT2D eigenvalue weighted by atomic mass is 10.2. The lowest BCUT2D eigenvalue weighted by Crippen LogP contribution is -1.84. The molecule has 0 aliphatic carbocycles. The van der Waals surface area contributed by atoms with Crippen LogP contribution in [0, 0.1) is 0 Å². The van der Waals surface area contributed by atoms with Gasteiger partial charge < -0.3 is 0 Å². The normalized spacial score (nSPS) is 10.4. The molecule has 0 saturated carbocycles. The Hall–Kier alpha value is -0.920. The van der Waals surface area contributed by atoms with Crippen LogP contribution >= 0.6 is 0 Å². The maximum atomic E-state index is 9.86. The van der Waals surface area contributed by atoms with E-state index < -0.39 is 0 Å². The van der Waals surface area contributed by atoms with Crippen LogP contribution in [0.1, 0.15) is 46.0 Å². The highest BCUT2D eigenvalue weighted by molar-refractivity contribution is 5.57. The smallest absolute Gasteiger partial charge is 0.198 e. The van der Waals surface area contributed by atoms with E-state index in [1.54, 1.807) is 0 Å². The van der Waals surface area contributed by atoms with Crippen LogP contribution in [-0.2, 0) is 4.79 Å². The average molecular weight is 194 g/mol. The predicted molar refractivity (Wildman–Crippen MR) is 61.6 cm³/mol. The third-order valence-electron chi connectivity index (χ3n) is 1.79. The summed E-state index contributed by atoms with van der Waals surface area (Å²) in [4.78, 5) is 14.1. The molecule has 0 heterocycles. The quantitative estimate of drug-likeness (QED) is 0.332. The summed E-state index contributed by atoms with van der Waals surface area (Å²) in [6, 6.07) is 0. The Labute approximate surface area is 87.1 Å². The second-order valence-electron chi connectivity index (χ2n) is 3.55. The Balaban J connectivity index is 3.18. The number of nitrogens with zero attached hydrogens (tertiary/aromatic N) is 1. The predicted octanol–water partition coefficient (Wildman–Crippen LogP) is 3.08. The van der Waals surface area contributed by atoms with Crippen molar-refractivity contribution in [2.24, 2.45) is 4.99 Å². The Morgan fingerprint density at radius 2 is 2.07 bits per heavy atom. The van der Waals surface area contributed by atoms with Crippen molar-refractivity contribution in [2.45, 2.75) is 46.0 Å². The topological polar surface area (TPSA) is 29.4 Å². The molecule has 1 radical (unpaired) electrons. The van der Waals surface area contributed by atoms with Gasteiger partial charge in [0.05, 0.1) is 0 Å². The van der Waals surface area contributed by atoms with Crippen molar-refractivity contribution in [3.05, 3.63) is 11.6 Å². The van der Waals surface area contributed by atoms with Gasteiger partial charge in [0, 0.05) is 13.0 Å². The first kappa shape index (κ1) is 13.1. The number of aliphatic imine (C=N–C) groups is 1. The number of unbranched alkanes of at least 4 members (excludes halogenated alkanes) is 3. The van der Waals surface area contributed by atoms with Gasteiger partial charge in [0.2, 0.25) is 0 Å². The van der Waals surface area contributed by atoms with Crippen LogP contribution in [0.3, 0.4) is 0 Å². The first-order valence-corrected chi connectivity index (χ1v) is 5.24. The molecule has 0 rings (SSSR count). The monoisotopic (exact) mass is 194 g/mol. The number of rotatable bonds is 8. The van der Waals surface area contributed by atoms with Gasteiger partial charge in [-0.15, -0.1) is 0 Å². The fourth-order valence-corrected chi connectivity index (χ4v) is 1.02. The lowest BCUT2D eigenvalue weighted by molar-refractivity contribution is 0.549. The number of allylic oxidation sites excluding steroid dienone is 2. The van der Waals surface area contributed by atoms with Gasteiger partial charge in [-0.25, -0.2) is 0 Å². The van der Waals surface area contributed by atoms with Gasteiger partial charge in [-0.1, -0.05) is 11.6 Å². The number of hydrogen-bond acceptors (Lipinski definition) is 2. The molecule has 0 atom stereocenters. The Morgan fingerprint density at radius 1 is 1.29 bits per heavy atom. The molecule has 79 valence electrons. The van der Waals surface area contributed by atoms with Crippen LogP contribution in [0.2, 0.25) is 0 Å². The van der Waals surface area contributed by atoms with Gasteiger partial charge in [0.15, 0.2) is 6.29 Å². The highest BCUT2D eigenvalue weighted by atomic mass is 16.1. The van der Waals surface area contributed by atoms with Crippen LogP contribution in [0.15, 0.2) is 16.6 Å². The minimum Gasteiger partial charge on any atom is -0.298 e. The zero-order chi connectivity index (χ0) is 10.6. The third kappa shape index (κ3) is 11.1. The van der Waals surface area contributed by atoms with Crippen molar-refractivity contribution < 1.29 is 4.79 Å². The van der Waals surface area contributed by atoms with Crippen molar-refractivity contribution in [3.8, 4) is 0 Å². The van der Waals surface area contributed by atoms with Gasteiger partial charge in [0.25, 0.3) is 0 Å². The molecular weight excluding hydrogens is 174 g/mol. The highest BCUT2D eigenvalue weighted by Crippen LogP contribution is 1.99. The summed E-state index contributed by atoms with van der Waals surface area (Å²) in [6.07, 6.45) is 10.7. The molecule has 14 heavy (non-hydrogen) atoms. The largest absolute Gasteiger partial charge is 0.298 e. The second kappa shape index (κ2) is 10.2. The summed E-state index contributed by atoms with van der Waals surface area (Å²) in [5.74, 6) is 0. The number of carbonyl (C=O) groups excluding carboxylic acids is 1. The van der Waals surface area contributed by atoms with E-state index in [2.05, 4.69) is 24.9 Å². The van der Waals surface area contributed by atoms with Crippen LogP contribution in [0.5, 0.6) is 0 Å². The molecular formula is C12H20NO. The molecule has 0 fully saturated rings. The molecule has 0 aromatic carbocycles. The van der Waals surface area contributed by atoms with Gasteiger partial charge in [0.1, 0.15) is 0 Å². The molecule has 0 N–H and O–H groups in total. The minimum atomic E-state index is 0.509. The summed E-state index contributed by atoms with van der Waals surface area (Å²) in [5, 5.41) is 0. The summed E-state index contributed by atoms with van der Waals surface area (Å²) in [5.41, 5.74) is 1.38. The van der Waals surface area contributed by atoms with Crippen LogP contribution < -0.4 is 0 Å².